The van der Waals surface area contributed by atoms with E-state index < -0.39 is 24.3 Å². The summed E-state index contributed by atoms with van der Waals surface area (Å²) in [7, 11) is 0. The Morgan fingerprint density at radius 3 is 2.79 bits per heavy atom. The standard InChI is InChI=1S/C22H29ClO6/c23-15-6-5-7-17(12-15)29-14-16(24)10-11-19-18(20(25)13-21(19)26)8-3-1-2-4-9-22(27)28/h1,3,5-7,10-12,16,18-21,24-26H,2,4,8-9,13-14H2,(H,27,28)/t16-,18-,19?,20-,21-/m1/s1. The van der Waals surface area contributed by atoms with Gasteiger partial charge in [0.15, 0.2) is 0 Å². The lowest BCUT2D eigenvalue weighted by Crippen LogP contribution is -2.21. The van der Waals surface area contributed by atoms with Crippen LogP contribution in [0.2, 0.25) is 5.02 Å². The molecule has 1 fully saturated rings. The van der Waals surface area contributed by atoms with Crippen molar-refractivity contribution in [1.82, 2.24) is 0 Å². The third kappa shape index (κ3) is 8.19. The number of carbonyl (C=O) groups is 1. The van der Waals surface area contributed by atoms with Crippen molar-refractivity contribution in [2.75, 3.05) is 6.61 Å². The number of hydrogen-bond acceptors (Lipinski definition) is 5. The Bertz CT molecular complexity index is 704. The van der Waals surface area contributed by atoms with E-state index in [9.17, 15) is 20.1 Å². The number of ether oxygens (including phenoxy) is 1. The second-order valence-corrected chi connectivity index (χ2v) is 7.76. The van der Waals surface area contributed by atoms with Crippen molar-refractivity contribution in [2.45, 2.75) is 50.4 Å². The summed E-state index contributed by atoms with van der Waals surface area (Å²) >= 11 is 5.90. The molecule has 160 valence electrons. The summed E-state index contributed by atoms with van der Waals surface area (Å²) in [5.41, 5.74) is 0. The second kappa shape index (κ2) is 12.0. The van der Waals surface area contributed by atoms with Crippen LogP contribution in [0, 0.1) is 11.8 Å². The van der Waals surface area contributed by atoms with Gasteiger partial charge in [-0.15, -0.1) is 0 Å². The molecule has 0 saturated heterocycles. The topological polar surface area (TPSA) is 107 Å². The predicted octanol–water partition coefficient (Wildman–Crippen LogP) is 3.20. The minimum absolute atomic E-state index is 0.0519. The number of aliphatic hydroxyl groups excluding tert-OH is 3. The molecule has 1 aromatic carbocycles. The summed E-state index contributed by atoms with van der Waals surface area (Å²) in [4.78, 5) is 10.5. The molecule has 0 amide bonds. The molecule has 29 heavy (non-hydrogen) atoms. The average molecular weight is 425 g/mol. The van der Waals surface area contributed by atoms with E-state index >= 15 is 0 Å². The largest absolute Gasteiger partial charge is 0.491 e. The summed E-state index contributed by atoms with van der Waals surface area (Å²) in [6.07, 6.45) is 7.26. The van der Waals surface area contributed by atoms with Crippen molar-refractivity contribution in [3.05, 3.63) is 53.6 Å². The Morgan fingerprint density at radius 1 is 1.28 bits per heavy atom. The summed E-state index contributed by atoms with van der Waals surface area (Å²) < 4.78 is 5.51. The van der Waals surface area contributed by atoms with Gasteiger partial charge in [-0.1, -0.05) is 42.0 Å². The summed E-state index contributed by atoms with van der Waals surface area (Å²) in [5.74, 6) is -0.671. The van der Waals surface area contributed by atoms with E-state index in [1.165, 1.54) is 0 Å². The van der Waals surface area contributed by atoms with Crippen molar-refractivity contribution < 1.29 is 30.0 Å². The van der Waals surface area contributed by atoms with Crippen LogP contribution in [0.5, 0.6) is 5.75 Å². The maximum absolute atomic E-state index is 10.5. The van der Waals surface area contributed by atoms with Gasteiger partial charge in [0, 0.05) is 23.8 Å². The Morgan fingerprint density at radius 2 is 2.07 bits per heavy atom. The fourth-order valence-corrected chi connectivity index (χ4v) is 3.68. The molecule has 0 spiro atoms. The highest BCUT2D eigenvalue weighted by atomic mass is 35.5. The maximum Gasteiger partial charge on any atom is 0.303 e. The van der Waals surface area contributed by atoms with Gasteiger partial charge in [0.2, 0.25) is 0 Å². The normalized spacial score (nSPS) is 25.7. The van der Waals surface area contributed by atoms with Crippen molar-refractivity contribution >= 4 is 17.6 Å². The van der Waals surface area contributed by atoms with E-state index in [-0.39, 0.29) is 24.9 Å². The molecule has 4 N–H and O–H groups in total. The minimum atomic E-state index is -0.855. The Balaban J connectivity index is 1.83. The smallest absolute Gasteiger partial charge is 0.303 e. The first-order chi connectivity index (χ1) is 13.9. The number of unbranched alkanes of at least 4 members (excludes halogenated alkanes) is 1. The Labute approximate surface area is 176 Å². The van der Waals surface area contributed by atoms with Crippen LogP contribution < -0.4 is 4.74 Å². The monoisotopic (exact) mass is 424 g/mol. The molecule has 1 aliphatic rings. The fraction of sp³-hybridized carbons (Fsp3) is 0.500. The van der Waals surface area contributed by atoms with Crippen LogP contribution in [0.25, 0.3) is 0 Å². The zero-order valence-electron chi connectivity index (χ0n) is 16.2. The number of rotatable bonds is 11. The van der Waals surface area contributed by atoms with Gasteiger partial charge < -0.3 is 25.2 Å². The van der Waals surface area contributed by atoms with Crippen LogP contribution in [0.15, 0.2) is 48.6 Å². The molecule has 1 saturated carbocycles. The molecule has 0 radical (unpaired) electrons. The molecule has 0 aliphatic heterocycles. The Hall–Kier alpha value is -1.86. The number of carboxylic acid groups (broad SMARTS) is 1. The van der Waals surface area contributed by atoms with Crippen LogP contribution in [0.4, 0.5) is 0 Å². The van der Waals surface area contributed by atoms with Gasteiger partial charge in [0.05, 0.1) is 12.2 Å². The zero-order chi connectivity index (χ0) is 21.2. The number of benzene rings is 1. The lowest BCUT2D eigenvalue weighted by atomic mass is 9.89. The Kier molecular flexibility index (Phi) is 9.67. The zero-order valence-corrected chi connectivity index (χ0v) is 17.0. The summed E-state index contributed by atoms with van der Waals surface area (Å²) in [6, 6.07) is 6.90. The molecule has 5 atom stereocenters. The quantitative estimate of drug-likeness (QED) is 0.321. The highest BCUT2D eigenvalue weighted by Crippen LogP contribution is 2.36. The van der Waals surface area contributed by atoms with Crippen LogP contribution in [0.3, 0.4) is 0 Å². The van der Waals surface area contributed by atoms with Gasteiger partial charge >= 0.3 is 5.97 Å². The minimum Gasteiger partial charge on any atom is -0.491 e. The van der Waals surface area contributed by atoms with Crippen LogP contribution >= 0.6 is 11.6 Å². The third-order valence-electron chi connectivity index (χ3n) is 5.02. The predicted molar refractivity (Wildman–Crippen MR) is 111 cm³/mol. The van der Waals surface area contributed by atoms with Crippen LogP contribution in [-0.2, 0) is 4.79 Å². The number of hydrogen-bond donors (Lipinski definition) is 4. The number of aliphatic carboxylic acids is 1. The van der Waals surface area contributed by atoms with E-state index in [1.807, 2.05) is 12.2 Å². The lowest BCUT2D eigenvalue weighted by molar-refractivity contribution is -0.137. The van der Waals surface area contributed by atoms with Gasteiger partial charge in [0.25, 0.3) is 0 Å². The van der Waals surface area contributed by atoms with E-state index in [2.05, 4.69) is 0 Å². The van der Waals surface area contributed by atoms with Gasteiger partial charge in [-0.25, -0.2) is 0 Å². The van der Waals surface area contributed by atoms with E-state index in [4.69, 9.17) is 21.4 Å². The van der Waals surface area contributed by atoms with Crippen molar-refractivity contribution in [3.8, 4) is 5.75 Å². The number of halogens is 1. The highest BCUT2D eigenvalue weighted by Gasteiger charge is 2.39. The number of allylic oxidation sites excluding steroid dienone is 2. The third-order valence-corrected chi connectivity index (χ3v) is 5.26. The van der Waals surface area contributed by atoms with Crippen molar-refractivity contribution in [2.24, 2.45) is 11.8 Å². The molecule has 1 aromatic rings. The molecular formula is C22H29ClO6. The van der Waals surface area contributed by atoms with Gasteiger partial charge in [-0.05, 0) is 43.4 Å². The molecule has 0 aromatic heterocycles. The highest BCUT2D eigenvalue weighted by molar-refractivity contribution is 6.30. The average Bonchev–Trinajstić information content (AvgIpc) is 2.93. The van der Waals surface area contributed by atoms with E-state index in [0.717, 1.165) is 0 Å². The molecular weight excluding hydrogens is 396 g/mol. The van der Waals surface area contributed by atoms with Crippen LogP contribution in [-0.4, -0.2) is 51.3 Å². The van der Waals surface area contributed by atoms with Gasteiger partial charge in [0.1, 0.15) is 18.5 Å². The maximum atomic E-state index is 10.5. The van der Waals surface area contributed by atoms with Crippen LogP contribution in [0.1, 0.15) is 32.1 Å². The molecule has 6 nitrogen and oxygen atoms in total. The van der Waals surface area contributed by atoms with Crippen molar-refractivity contribution in [1.29, 1.82) is 0 Å². The molecule has 0 heterocycles. The first kappa shape index (κ1) is 23.4. The molecule has 1 unspecified atom stereocenters. The summed E-state index contributed by atoms with van der Waals surface area (Å²) in [6.45, 7) is 0.0519. The first-order valence-corrected chi connectivity index (χ1v) is 10.2. The molecule has 2 rings (SSSR count). The van der Waals surface area contributed by atoms with E-state index in [0.29, 0.717) is 36.5 Å². The van der Waals surface area contributed by atoms with E-state index in [1.54, 1.807) is 36.4 Å². The van der Waals surface area contributed by atoms with Gasteiger partial charge in [-0.2, -0.15) is 0 Å². The molecule has 1 aliphatic carbocycles. The number of carboxylic acids is 1. The second-order valence-electron chi connectivity index (χ2n) is 7.33. The van der Waals surface area contributed by atoms with Gasteiger partial charge in [-0.3, -0.25) is 4.79 Å². The molecule has 7 heteroatoms. The lowest BCUT2D eigenvalue weighted by Gasteiger charge is -2.19. The molecule has 0 bridgehead atoms. The SMILES string of the molecule is O=C(O)CCCC=CC[C@@H]1C(C=C[C@@H](O)COc2cccc(Cl)c2)[C@H](O)C[C@H]1O. The van der Waals surface area contributed by atoms with Crippen molar-refractivity contribution in [3.63, 3.8) is 0 Å². The fourth-order valence-electron chi connectivity index (χ4n) is 3.50. The number of aliphatic hydroxyl groups is 3. The first-order valence-electron chi connectivity index (χ1n) is 9.84. The summed E-state index contributed by atoms with van der Waals surface area (Å²) in [5, 5.41) is 39.8.